The molecule has 0 unspecified atom stereocenters. The van der Waals surface area contributed by atoms with Crippen LogP contribution in [0.25, 0.3) is 10.2 Å². The summed E-state index contributed by atoms with van der Waals surface area (Å²) in [6, 6.07) is 24.2. The molecule has 6 heteroatoms. The van der Waals surface area contributed by atoms with Gasteiger partial charge in [0.25, 0.3) is 0 Å². The standard InChI is InChI=1S/C26H26FN3OS/c1-29(2)16-9-17-30(26-28-22-15-14-21(27)18-23(22)32-26)25(31)24(19-10-5-3-6-11-19)20-12-7-4-8-13-20/h3-8,10-15,18,24H,9,16-17H2,1-2H3. The van der Waals surface area contributed by atoms with E-state index in [0.29, 0.717) is 17.2 Å². The van der Waals surface area contributed by atoms with Crippen LogP contribution in [0.5, 0.6) is 0 Å². The molecule has 0 fully saturated rings. The van der Waals surface area contributed by atoms with E-state index in [1.807, 2.05) is 74.8 Å². The highest BCUT2D eigenvalue weighted by Gasteiger charge is 2.30. The lowest BCUT2D eigenvalue weighted by atomic mass is 9.90. The number of amides is 1. The molecule has 1 amide bonds. The van der Waals surface area contributed by atoms with Crippen molar-refractivity contribution in [3.8, 4) is 0 Å². The highest BCUT2D eigenvalue weighted by Crippen LogP contribution is 2.34. The first kappa shape index (κ1) is 22.1. The minimum atomic E-state index is -0.444. The summed E-state index contributed by atoms with van der Waals surface area (Å²) in [5.41, 5.74) is 2.58. The zero-order valence-electron chi connectivity index (χ0n) is 18.2. The van der Waals surface area contributed by atoms with E-state index in [4.69, 9.17) is 0 Å². The SMILES string of the molecule is CN(C)CCCN(C(=O)C(c1ccccc1)c1ccccc1)c1nc2ccc(F)cc2s1. The van der Waals surface area contributed by atoms with Gasteiger partial charge in [-0.05, 0) is 56.4 Å². The van der Waals surface area contributed by atoms with Gasteiger partial charge in [-0.2, -0.15) is 0 Å². The van der Waals surface area contributed by atoms with Crippen LogP contribution in [0.3, 0.4) is 0 Å². The molecule has 4 rings (SSSR count). The Kier molecular flexibility index (Phi) is 6.93. The lowest BCUT2D eigenvalue weighted by Gasteiger charge is -2.26. The minimum Gasteiger partial charge on any atom is -0.309 e. The van der Waals surface area contributed by atoms with Crippen molar-refractivity contribution < 1.29 is 9.18 Å². The quantitative estimate of drug-likeness (QED) is 0.355. The molecule has 0 atom stereocenters. The first-order chi connectivity index (χ1) is 15.5. The Hall–Kier alpha value is -3.09. The van der Waals surface area contributed by atoms with Crippen LogP contribution >= 0.6 is 11.3 Å². The third kappa shape index (κ3) is 5.03. The molecule has 4 aromatic rings. The molecule has 32 heavy (non-hydrogen) atoms. The Bertz CT molecular complexity index is 1140. The third-order valence-electron chi connectivity index (χ3n) is 5.34. The van der Waals surface area contributed by atoms with Gasteiger partial charge in [0.05, 0.1) is 16.1 Å². The zero-order chi connectivity index (χ0) is 22.5. The van der Waals surface area contributed by atoms with Gasteiger partial charge in [0, 0.05) is 6.54 Å². The molecular weight excluding hydrogens is 421 g/mol. The fourth-order valence-electron chi connectivity index (χ4n) is 3.77. The van der Waals surface area contributed by atoms with Crippen molar-refractivity contribution in [2.45, 2.75) is 12.3 Å². The summed E-state index contributed by atoms with van der Waals surface area (Å²) in [6.45, 7) is 1.39. The fourth-order valence-corrected chi connectivity index (χ4v) is 4.79. The molecule has 0 aliphatic rings. The van der Waals surface area contributed by atoms with Crippen molar-refractivity contribution in [3.05, 3.63) is 95.8 Å². The average molecular weight is 448 g/mol. The molecule has 0 spiro atoms. The summed E-state index contributed by atoms with van der Waals surface area (Å²) in [7, 11) is 4.03. The number of carbonyl (C=O) groups is 1. The number of fused-ring (bicyclic) bond motifs is 1. The maximum atomic E-state index is 14.1. The normalized spacial score (nSPS) is 11.4. The molecule has 4 nitrogen and oxygen atoms in total. The van der Waals surface area contributed by atoms with Gasteiger partial charge in [-0.25, -0.2) is 9.37 Å². The van der Waals surface area contributed by atoms with Crippen molar-refractivity contribution in [1.82, 2.24) is 9.88 Å². The third-order valence-corrected chi connectivity index (χ3v) is 6.38. The summed E-state index contributed by atoms with van der Waals surface area (Å²) in [5.74, 6) is -0.772. The molecule has 0 N–H and O–H groups in total. The van der Waals surface area contributed by atoms with Gasteiger partial charge in [0.1, 0.15) is 5.82 Å². The number of thiazole rings is 1. The van der Waals surface area contributed by atoms with E-state index < -0.39 is 5.92 Å². The minimum absolute atomic E-state index is 0.0271. The van der Waals surface area contributed by atoms with E-state index in [0.717, 1.165) is 28.8 Å². The average Bonchev–Trinajstić information content (AvgIpc) is 3.21. The second kappa shape index (κ2) is 10.0. The number of halogens is 1. The molecule has 164 valence electrons. The number of hydrogen-bond donors (Lipinski definition) is 0. The van der Waals surface area contributed by atoms with E-state index in [1.165, 1.54) is 23.5 Å². The van der Waals surface area contributed by atoms with E-state index in [2.05, 4.69) is 9.88 Å². The smallest absolute Gasteiger partial charge is 0.240 e. The van der Waals surface area contributed by atoms with Crippen molar-refractivity contribution in [1.29, 1.82) is 0 Å². The predicted molar refractivity (Wildman–Crippen MR) is 130 cm³/mol. The summed E-state index contributed by atoms with van der Waals surface area (Å²) in [5, 5.41) is 0.603. The van der Waals surface area contributed by atoms with Crippen LogP contribution < -0.4 is 4.90 Å². The van der Waals surface area contributed by atoms with Crippen LogP contribution in [0, 0.1) is 5.82 Å². The van der Waals surface area contributed by atoms with Gasteiger partial charge in [-0.3, -0.25) is 9.69 Å². The Morgan fingerprint density at radius 3 is 2.16 bits per heavy atom. The van der Waals surface area contributed by atoms with Crippen LogP contribution in [-0.2, 0) is 4.79 Å². The largest absolute Gasteiger partial charge is 0.309 e. The Morgan fingerprint density at radius 2 is 1.56 bits per heavy atom. The second-order valence-electron chi connectivity index (χ2n) is 8.01. The monoisotopic (exact) mass is 447 g/mol. The number of aromatic nitrogens is 1. The van der Waals surface area contributed by atoms with Gasteiger partial charge < -0.3 is 4.90 Å². The molecule has 1 aromatic heterocycles. The number of anilines is 1. The Morgan fingerprint density at radius 1 is 0.938 bits per heavy atom. The number of benzene rings is 3. The summed E-state index contributed by atoms with van der Waals surface area (Å²) in [4.78, 5) is 22.6. The van der Waals surface area contributed by atoms with Crippen LogP contribution in [0.15, 0.2) is 78.9 Å². The Balaban J connectivity index is 1.75. The van der Waals surface area contributed by atoms with Crippen molar-refractivity contribution in [2.24, 2.45) is 0 Å². The van der Waals surface area contributed by atoms with E-state index in [-0.39, 0.29) is 11.7 Å². The number of hydrogen-bond acceptors (Lipinski definition) is 4. The molecule has 0 bridgehead atoms. The topological polar surface area (TPSA) is 36.4 Å². The number of carbonyl (C=O) groups excluding carboxylic acids is 1. The van der Waals surface area contributed by atoms with Gasteiger partial charge in [0.15, 0.2) is 5.13 Å². The van der Waals surface area contributed by atoms with E-state index in [9.17, 15) is 9.18 Å². The second-order valence-corrected chi connectivity index (χ2v) is 9.02. The summed E-state index contributed by atoms with van der Waals surface area (Å²) in [6.07, 6.45) is 0.805. The molecule has 0 saturated heterocycles. The van der Waals surface area contributed by atoms with Gasteiger partial charge in [0.2, 0.25) is 5.91 Å². The van der Waals surface area contributed by atoms with Gasteiger partial charge in [-0.1, -0.05) is 72.0 Å². The summed E-state index contributed by atoms with van der Waals surface area (Å²) < 4.78 is 14.5. The maximum absolute atomic E-state index is 14.1. The predicted octanol–water partition coefficient (Wildman–Crippen LogP) is 5.55. The van der Waals surface area contributed by atoms with Gasteiger partial charge >= 0.3 is 0 Å². The molecule has 1 heterocycles. The van der Waals surface area contributed by atoms with Gasteiger partial charge in [-0.15, -0.1) is 0 Å². The highest BCUT2D eigenvalue weighted by molar-refractivity contribution is 7.22. The lowest BCUT2D eigenvalue weighted by molar-refractivity contribution is -0.119. The fraction of sp³-hybridized carbons (Fsp3) is 0.231. The number of nitrogens with zero attached hydrogens (tertiary/aromatic N) is 3. The van der Waals surface area contributed by atoms with Crippen molar-refractivity contribution >= 4 is 32.6 Å². The first-order valence-electron chi connectivity index (χ1n) is 10.6. The van der Waals surface area contributed by atoms with Crippen molar-refractivity contribution in [2.75, 3.05) is 32.1 Å². The van der Waals surface area contributed by atoms with Crippen LogP contribution in [0.2, 0.25) is 0 Å². The molecule has 0 aliphatic carbocycles. The zero-order valence-corrected chi connectivity index (χ0v) is 19.1. The van der Waals surface area contributed by atoms with Crippen molar-refractivity contribution in [3.63, 3.8) is 0 Å². The van der Waals surface area contributed by atoms with E-state index in [1.54, 1.807) is 11.0 Å². The van der Waals surface area contributed by atoms with Crippen LogP contribution in [0.1, 0.15) is 23.5 Å². The lowest BCUT2D eigenvalue weighted by Crippen LogP contribution is -2.37. The molecule has 3 aromatic carbocycles. The highest BCUT2D eigenvalue weighted by atomic mass is 32.1. The molecule has 0 radical (unpaired) electrons. The maximum Gasteiger partial charge on any atom is 0.240 e. The Labute approximate surface area is 191 Å². The summed E-state index contributed by atoms with van der Waals surface area (Å²) >= 11 is 1.35. The number of rotatable bonds is 8. The molecule has 0 saturated carbocycles. The van der Waals surface area contributed by atoms with E-state index >= 15 is 0 Å². The van der Waals surface area contributed by atoms with Crippen LogP contribution in [0.4, 0.5) is 9.52 Å². The van der Waals surface area contributed by atoms with Crippen LogP contribution in [-0.4, -0.2) is 43.0 Å². The first-order valence-corrected chi connectivity index (χ1v) is 11.5. The molecule has 0 aliphatic heterocycles. The molecular formula is C26H26FN3OS.